The Kier molecular flexibility index (Phi) is 3.81. The topological polar surface area (TPSA) is 49.6 Å². The van der Waals surface area contributed by atoms with Gasteiger partial charge in [0, 0.05) is 44.4 Å². The van der Waals surface area contributed by atoms with Crippen molar-refractivity contribution in [3.8, 4) is 0 Å². The van der Waals surface area contributed by atoms with Crippen LogP contribution >= 0.6 is 0 Å². The van der Waals surface area contributed by atoms with Crippen molar-refractivity contribution in [3.05, 3.63) is 30.2 Å². The van der Waals surface area contributed by atoms with Crippen LogP contribution in [0.2, 0.25) is 0 Å². The molecule has 2 aromatic heterocycles. The van der Waals surface area contributed by atoms with Gasteiger partial charge in [-0.05, 0) is 25.0 Å². The molecule has 0 bridgehead atoms. The molecule has 1 saturated heterocycles. The van der Waals surface area contributed by atoms with E-state index < -0.39 is 0 Å². The second-order valence-corrected chi connectivity index (χ2v) is 6.36. The molecule has 2 aromatic rings. The fourth-order valence-corrected chi connectivity index (χ4v) is 3.41. The van der Waals surface area contributed by atoms with Crippen LogP contribution in [0.3, 0.4) is 0 Å². The Morgan fingerprint density at radius 1 is 1.50 bits per heavy atom. The van der Waals surface area contributed by atoms with E-state index in [9.17, 15) is 4.79 Å². The van der Waals surface area contributed by atoms with Crippen LogP contribution in [0.5, 0.6) is 0 Å². The molecule has 0 aromatic carbocycles. The lowest BCUT2D eigenvalue weighted by atomic mass is 9.79. The van der Waals surface area contributed by atoms with Gasteiger partial charge in [0.15, 0.2) is 0 Å². The summed E-state index contributed by atoms with van der Waals surface area (Å²) < 4.78 is 2.11. The number of carbonyl (C=O) groups is 1. The van der Waals surface area contributed by atoms with Gasteiger partial charge in [0.05, 0.1) is 11.2 Å². The zero-order valence-electron chi connectivity index (χ0n) is 13.6. The SMILES string of the molecule is CCC(=O)N1CCC[C@@](C)(c2cn3cccc3c(NC)n2)C1. The van der Waals surface area contributed by atoms with Gasteiger partial charge in [-0.15, -0.1) is 0 Å². The molecule has 1 N–H and O–H groups in total. The molecule has 0 aliphatic carbocycles. The summed E-state index contributed by atoms with van der Waals surface area (Å²) in [5.41, 5.74) is 2.04. The number of nitrogens with one attached hydrogen (secondary N) is 1. The van der Waals surface area contributed by atoms with Gasteiger partial charge < -0.3 is 14.6 Å². The predicted octanol–water partition coefficient (Wildman–Crippen LogP) is 2.67. The second kappa shape index (κ2) is 5.63. The van der Waals surface area contributed by atoms with Crippen LogP contribution < -0.4 is 5.32 Å². The first-order valence-corrected chi connectivity index (χ1v) is 8.01. The minimum absolute atomic E-state index is 0.0901. The normalized spacial score (nSPS) is 22.0. The summed E-state index contributed by atoms with van der Waals surface area (Å²) in [5, 5.41) is 3.19. The van der Waals surface area contributed by atoms with E-state index in [1.807, 2.05) is 31.1 Å². The Balaban J connectivity index is 1.99. The van der Waals surface area contributed by atoms with E-state index >= 15 is 0 Å². The Morgan fingerprint density at radius 2 is 2.32 bits per heavy atom. The summed E-state index contributed by atoms with van der Waals surface area (Å²) in [6.45, 7) is 5.77. The zero-order valence-corrected chi connectivity index (χ0v) is 13.6. The molecule has 22 heavy (non-hydrogen) atoms. The highest BCUT2D eigenvalue weighted by Crippen LogP contribution is 2.34. The molecular weight excluding hydrogens is 276 g/mol. The number of fused-ring (bicyclic) bond motifs is 1. The number of aromatic nitrogens is 2. The average Bonchev–Trinajstić information content (AvgIpc) is 3.01. The fraction of sp³-hybridized carbons (Fsp3) is 0.529. The van der Waals surface area contributed by atoms with Gasteiger partial charge in [-0.25, -0.2) is 4.98 Å². The number of carbonyl (C=O) groups excluding carboxylic acids is 1. The van der Waals surface area contributed by atoms with E-state index in [2.05, 4.69) is 28.9 Å². The summed E-state index contributed by atoms with van der Waals surface area (Å²) >= 11 is 0. The highest BCUT2D eigenvalue weighted by molar-refractivity contribution is 5.76. The standard InChI is InChI=1S/C17H24N4O/c1-4-15(22)21-10-6-8-17(2,12-21)14-11-20-9-5-7-13(20)16(18-3)19-14/h5,7,9,11H,4,6,8,10,12H2,1-3H3,(H,18,19)/t17-/m1/s1. The quantitative estimate of drug-likeness (QED) is 0.948. The highest BCUT2D eigenvalue weighted by Gasteiger charge is 2.36. The number of anilines is 1. The Morgan fingerprint density at radius 3 is 3.05 bits per heavy atom. The summed E-state index contributed by atoms with van der Waals surface area (Å²) in [7, 11) is 1.90. The maximum atomic E-state index is 12.1. The molecule has 1 aliphatic rings. The van der Waals surface area contributed by atoms with Crippen LogP contribution in [0.15, 0.2) is 24.5 Å². The van der Waals surface area contributed by atoms with Crippen molar-refractivity contribution < 1.29 is 4.79 Å². The average molecular weight is 300 g/mol. The number of piperidine rings is 1. The van der Waals surface area contributed by atoms with Crippen molar-refractivity contribution >= 4 is 17.2 Å². The van der Waals surface area contributed by atoms with E-state index in [1.54, 1.807) is 0 Å². The predicted molar refractivity (Wildman–Crippen MR) is 88.2 cm³/mol. The molecule has 0 spiro atoms. The molecule has 1 amide bonds. The first-order valence-electron chi connectivity index (χ1n) is 8.01. The van der Waals surface area contributed by atoms with Gasteiger partial charge in [0.1, 0.15) is 5.82 Å². The van der Waals surface area contributed by atoms with Crippen LogP contribution in [0.1, 0.15) is 38.8 Å². The lowest BCUT2D eigenvalue weighted by molar-refractivity contribution is -0.133. The number of hydrogen-bond acceptors (Lipinski definition) is 3. The largest absolute Gasteiger partial charge is 0.371 e. The maximum absolute atomic E-state index is 12.1. The highest BCUT2D eigenvalue weighted by atomic mass is 16.2. The second-order valence-electron chi connectivity index (χ2n) is 6.36. The van der Waals surface area contributed by atoms with E-state index in [4.69, 9.17) is 4.98 Å². The van der Waals surface area contributed by atoms with Crippen LogP contribution in [0.4, 0.5) is 5.82 Å². The van der Waals surface area contributed by atoms with Crippen molar-refractivity contribution in [2.75, 3.05) is 25.5 Å². The summed E-state index contributed by atoms with van der Waals surface area (Å²) in [4.78, 5) is 18.9. The first-order chi connectivity index (χ1) is 10.6. The van der Waals surface area contributed by atoms with E-state index in [-0.39, 0.29) is 11.3 Å². The third-order valence-corrected chi connectivity index (χ3v) is 4.72. The van der Waals surface area contributed by atoms with Gasteiger partial charge in [0.2, 0.25) is 5.91 Å². The molecule has 5 heteroatoms. The Bertz CT molecular complexity index is 693. The number of nitrogens with zero attached hydrogens (tertiary/aromatic N) is 3. The minimum atomic E-state index is -0.0901. The van der Waals surface area contributed by atoms with Gasteiger partial charge in [-0.2, -0.15) is 0 Å². The summed E-state index contributed by atoms with van der Waals surface area (Å²) in [6.07, 6.45) is 6.81. The molecule has 3 rings (SSSR count). The minimum Gasteiger partial charge on any atom is -0.371 e. The van der Waals surface area contributed by atoms with Gasteiger partial charge in [0.25, 0.3) is 0 Å². The smallest absolute Gasteiger partial charge is 0.222 e. The first kappa shape index (κ1) is 14.9. The monoisotopic (exact) mass is 300 g/mol. The van der Waals surface area contributed by atoms with E-state index in [0.717, 1.165) is 43.0 Å². The molecule has 1 fully saturated rings. The van der Waals surface area contributed by atoms with E-state index in [1.165, 1.54) is 0 Å². The van der Waals surface area contributed by atoms with E-state index in [0.29, 0.717) is 6.42 Å². The summed E-state index contributed by atoms with van der Waals surface area (Å²) in [5.74, 6) is 1.13. The molecular formula is C17H24N4O. The zero-order chi connectivity index (χ0) is 15.7. The number of hydrogen-bond donors (Lipinski definition) is 1. The van der Waals surface area contributed by atoms with Crippen molar-refractivity contribution in [3.63, 3.8) is 0 Å². The molecule has 1 aliphatic heterocycles. The van der Waals surface area contributed by atoms with Gasteiger partial charge in [-0.3, -0.25) is 4.79 Å². The van der Waals surface area contributed by atoms with Crippen molar-refractivity contribution in [2.24, 2.45) is 0 Å². The van der Waals surface area contributed by atoms with Crippen molar-refractivity contribution in [1.29, 1.82) is 0 Å². The number of likely N-dealkylation sites (tertiary alicyclic amines) is 1. The van der Waals surface area contributed by atoms with Crippen LogP contribution in [0, 0.1) is 0 Å². The Labute approximate surface area is 131 Å². The number of rotatable bonds is 3. The van der Waals surface area contributed by atoms with Gasteiger partial charge in [-0.1, -0.05) is 13.8 Å². The molecule has 118 valence electrons. The maximum Gasteiger partial charge on any atom is 0.222 e. The third-order valence-electron chi connectivity index (χ3n) is 4.72. The fourth-order valence-electron chi connectivity index (χ4n) is 3.41. The van der Waals surface area contributed by atoms with Crippen LogP contribution in [0.25, 0.3) is 5.52 Å². The lowest BCUT2D eigenvalue weighted by Gasteiger charge is -2.40. The molecule has 0 unspecified atom stereocenters. The Hall–Kier alpha value is -2.04. The lowest BCUT2D eigenvalue weighted by Crippen LogP contribution is -2.47. The third kappa shape index (κ3) is 2.45. The molecule has 0 saturated carbocycles. The van der Waals surface area contributed by atoms with Crippen molar-refractivity contribution in [2.45, 2.75) is 38.5 Å². The molecule has 5 nitrogen and oxygen atoms in total. The molecule has 3 heterocycles. The molecule has 1 atom stereocenters. The van der Waals surface area contributed by atoms with Crippen molar-refractivity contribution in [1.82, 2.24) is 14.3 Å². The molecule has 0 radical (unpaired) electrons. The van der Waals surface area contributed by atoms with Crippen LogP contribution in [-0.4, -0.2) is 40.3 Å². The number of amides is 1. The van der Waals surface area contributed by atoms with Crippen LogP contribution in [-0.2, 0) is 10.2 Å². The summed E-state index contributed by atoms with van der Waals surface area (Å²) in [6, 6.07) is 4.08. The van der Waals surface area contributed by atoms with Gasteiger partial charge >= 0.3 is 0 Å².